The summed E-state index contributed by atoms with van der Waals surface area (Å²) in [5.74, 6) is -0.202. The zero-order valence-electron chi connectivity index (χ0n) is 17.8. The molecule has 0 saturated carbocycles. The van der Waals surface area contributed by atoms with Crippen molar-refractivity contribution in [3.8, 4) is 0 Å². The lowest BCUT2D eigenvalue weighted by molar-refractivity contribution is 0.0948. The van der Waals surface area contributed by atoms with E-state index in [1.807, 2.05) is 0 Å². The Morgan fingerprint density at radius 2 is 1.83 bits per heavy atom. The van der Waals surface area contributed by atoms with Gasteiger partial charge in [0.25, 0.3) is 5.91 Å². The molecule has 1 aromatic carbocycles. The highest BCUT2D eigenvalue weighted by Gasteiger charge is 2.28. The number of amides is 1. The summed E-state index contributed by atoms with van der Waals surface area (Å²) in [6, 6.07) is 5.62. The predicted molar refractivity (Wildman–Crippen MR) is 116 cm³/mol. The Morgan fingerprint density at radius 1 is 1.10 bits per heavy atom. The van der Waals surface area contributed by atoms with Crippen LogP contribution in [0.1, 0.15) is 67.8 Å². The molecule has 3 rings (SSSR count). The van der Waals surface area contributed by atoms with E-state index in [0.29, 0.717) is 36.8 Å². The normalized spacial score (nSPS) is 21.8. The summed E-state index contributed by atoms with van der Waals surface area (Å²) in [6.07, 6.45) is 7.59. The predicted octanol–water partition coefficient (Wildman–Crippen LogP) is 3.16. The molecule has 1 N–H and O–H groups in total. The molecule has 0 aliphatic carbocycles. The summed E-state index contributed by atoms with van der Waals surface area (Å²) < 4.78 is 27.6. The van der Waals surface area contributed by atoms with Crippen molar-refractivity contribution in [3.63, 3.8) is 0 Å². The molecule has 1 atom stereocenters. The van der Waals surface area contributed by atoms with Crippen molar-refractivity contribution in [2.45, 2.75) is 69.7 Å². The second kappa shape index (κ2) is 10.0. The first-order chi connectivity index (χ1) is 13.9. The zero-order chi connectivity index (χ0) is 20.9. The van der Waals surface area contributed by atoms with Crippen LogP contribution < -0.4 is 5.32 Å². The fraction of sp³-hybridized carbons (Fsp3) is 0.682. The molecule has 162 valence electrons. The average molecular weight is 422 g/mol. The summed E-state index contributed by atoms with van der Waals surface area (Å²) in [4.78, 5) is 15.3. The maximum atomic E-state index is 13.0. The van der Waals surface area contributed by atoms with Gasteiger partial charge in [-0.1, -0.05) is 18.9 Å². The van der Waals surface area contributed by atoms with E-state index < -0.39 is 10.0 Å². The number of hydrogen-bond donors (Lipinski definition) is 1. The number of aryl methyl sites for hydroxylation is 1. The van der Waals surface area contributed by atoms with Gasteiger partial charge >= 0.3 is 0 Å². The Morgan fingerprint density at radius 3 is 2.55 bits per heavy atom. The summed E-state index contributed by atoms with van der Waals surface area (Å²) in [7, 11) is -3.55. The van der Waals surface area contributed by atoms with Crippen molar-refractivity contribution in [1.82, 2.24) is 14.5 Å². The van der Waals surface area contributed by atoms with Crippen LogP contribution in [-0.2, 0) is 10.0 Å². The van der Waals surface area contributed by atoms with Crippen molar-refractivity contribution in [3.05, 3.63) is 29.3 Å². The number of nitrogens with zero attached hydrogens (tertiary/aromatic N) is 2. The van der Waals surface area contributed by atoms with E-state index in [-0.39, 0.29) is 10.8 Å². The summed E-state index contributed by atoms with van der Waals surface area (Å²) >= 11 is 0. The van der Waals surface area contributed by atoms with Crippen LogP contribution in [0.15, 0.2) is 23.1 Å². The van der Waals surface area contributed by atoms with Gasteiger partial charge in [0.05, 0.1) is 4.90 Å². The Hall–Kier alpha value is -1.44. The number of likely N-dealkylation sites (tertiary alicyclic amines) is 1. The van der Waals surface area contributed by atoms with Crippen LogP contribution in [0.5, 0.6) is 0 Å². The molecule has 2 aliphatic heterocycles. The Bertz CT molecular complexity index is 804. The van der Waals surface area contributed by atoms with Gasteiger partial charge in [0.15, 0.2) is 0 Å². The van der Waals surface area contributed by atoms with E-state index >= 15 is 0 Å². The van der Waals surface area contributed by atoms with Gasteiger partial charge in [-0.3, -0.25) is 4.79 Å². The number of sulfonamides is 1. The van der Waals surface area contributed by atoms with E-state index in [0.717, 1.165) is 38.8 Å². The summed E-state index contributed by atoms with van der Waals surface area (Å²) in [6.45, 7) is 7.92. The minimum Gasteiger partial charge on any atom is -0.352 e. The number of nitrogens with one attached hydrogen (secondary N) is 1. The summed E-state index contributed by atoms with van der Waals surface area (Å²) in [5.41, 5.74) is 1.10. The minimum absolute atomic E-state index is 0.202. The smallest absolute Gasteiger partial charge is 0.251 e. The second-order valence-electron chi connectivity index (χ2n) is 8.44. The monoisotopic (exact) mass is 421 g/mol. The van der Waals surface area contributed by atoms with Gasteiger partial charge in [-0.2, -0.15) is 4.31 Å². The highest BCUT2D eigenvalue weighted by atomic mass is 32.2. The third kappa shape index (κ3) is 5.58. The van der Waals surface area contributed by atoms with Crippen LogP contribution in [0.2, 0.25) is 0 Å². The maximum absolute atomic E-state index is 13.0. The number of carbonyl (C=O) groups is 1. The largest absolute Gasteiger partial charge is 0.352 e. The Kier molecular flexibility index (Phi) is 7.71. The molecule has 2 saturated heterocycles. The van der Waals surface area contributed by atoms with Crippen LogP contribution >= 0.6 is 0 Å². The van der Waals surface area contributed by atoms with Crippen molar-refractivity contribution in [2.75, 3.05) is 32.7 Å². The third-order valence-electron chi connectivity index (χ3n) is 6.23. The van der Waals surface area contributed by atoms with E-state index in [1.165, 1.54) is 19.3 Å². The van der Waals surface area contributed by atoms with Gasteiger partial charge < -0.3 is 10.2 Å². The van der Waals surface area contributed by atoms with Crippen LogP contribution in [-0.4, -0.2) is 62.3 Å². The van der Waals surface area contributed by atoms with E-state index in [4.69, 9.17) is 0 Å². The highest BCUT2D eigenvalue weighted by molar-refractivity contribution is 7.89. The van der Waals surface area contributed by atoms with Gasteiger partial charge in [-0.25, -0.2) is 8.42 Å². The standard InChI is InChI=1S/C22H35N3O3S/c1-18-10-11-20(17-21(18)29(27,28)25-15-5-3-6-16-25)22(26)23-12-8-14-24-13-7-4-9-19(24)2/h10-11,17,19H,3-9,12-16H2,1-2H3,(H,23,26)/t19-/m1/s1. The lowest BCUT2D eigenvalue weighted by Gasteiger charge is -2.33. The first-order valence-electron chi connectivity index (χ1n) is 11.0. The van der Waals surface area contributed by atoms with Crippen molar-refractivity contribution < 1.29 is 13.2 Å². The molecule has 0 unspecified atom stereocenters. The Balaban J connectivity index is 1.59. The fourth-order valence-electron chi connectivity index (χ4n) is 4.34. The second-order valence-corrected chi connectivity index (χ2v) is 10.3. The number of hydrogen-bond acceptors (Lipinski definition) is 4. The number of carbonyl (C=O) groups excluding carboxylic acids is 1. The lowest BCUT2D eigenvalue weighted by Crippen LogP contribution is -2.39. The van der Waals surface area contributed by atoms with Gasteiger partial charge in [-0.05, 0) is 70.2 Å². The highest BCUT2D eigenvalue weighted by Crippen LogP contribution is 2.24. The van der Waals surface area contributed by atoms with E-state index in [2.05, 4.69) is 17.1 Å². The first kappa shape index (κ1) is 22.2. The topological polar surface area (TPSA) is 69.7 Å². The van der Waals surface area contributed by atoms with Crippen molar-refractivity contribution >= 4 is 15.9 Å². The molecule has 7 heteroatoms. The van der Waals surface area contributed by atoms with Gasteiger partial charge in [0.2, 0.25) is 10.0 Å². The minimum atomic E-state index is -3.55. The van der Waals surface area contributed by atoms with Gasteiger partial charge in [-0.15, -0.1) is 0 Å². The maximum Gasteiger partial charge on any atom is 0.251 e. The molecule has 1 amide bonds. The molecule has 2 heterocycles. The number of rotatable bonds is 7. The van der Waals surface area contributed by atoms with Gasteiger partial charge in [0.1, 0.15) is 0 Å². The molecule has 0 bridgehead atoms. The average Bonchev–Trinajstić information content (AvgIpc) is 2.73. The SMILES string of the molecule is Cc1ccc(C(=O)NCCCN2CCCC[C@H]2C)cc1S(=O)(=O)N1CCCCC1. The molecular weight excluding hydrogens is 386 g/mol. The third-order valence-corrected chi connectivity index (χ3v) is 8.27. The van der Waals surface area contributed by atoms with Crippen molar-refractivity contribution in [1.29, 1.82) is 0 Å². The molecule has 0 aromatic heterocycles. The van der Waals surface area contributed by atoms with Crippen LogP contribution in [0.3, 0.4) is 0 Å². The fourth-order valence-corrected chi connectivity index (χ4v) is 6.11. The molecule has 0 spiro atoms. The quantitative estimate of drug-likeness (QED) is 0.687. The molecule has 2 aliphatic rings. The van der Waals surface area contributed by atoms with Gasteiger partial charge in [0, 0.05) is 37.8 Å². The molecule has 6 nitrogen and oxygen atoms in total. The summed E-state index contributed by atoms with van der Waals surface area (Å²) in [5, 5.41) is 2.96. The molecule has 0 radical (unpaired) electrons. The van der Waals surface area contributed by atoms with E-state index in [9.17, 15) is 13.2 Å². The van der Waals surface area contributed by atoms with Crippen LogP contribution in [0.25, 0.3) is 0 Å². The van der Waals surface area contributed by atoms with Crippen LogP contribution in [0, 0.1) is 6.92 Å². The zero-order valence-corrected chi connectivity index (χ0v) is 18.6. The lowest BCUT2D eigenvalue weighted by atomic mass is 10.0. The Labute approximate surface area is 175 Å². The molecule has 29 heavy (non-hydrogen) atoms. The number of benzene rings is 1. The molecule has 1 aromatic rings. The van der Waals surface area contributed by atoms with E-state index in [1.54, 1.807) is 29.4 Å². The van der Waals surface area contributed by atoms with Crippen molar-refractivity contribution in [2.24, 2.45) is 0 Å². The number of piperidine rings is 2. The molecule has 2 fully saturated rings. The van der Waals surface area contributed by atoms with Crippen LogP contribution in [0.4, 0.5) is 0 Å². The first-order valence-corrected chi connectivity index (χ1v) is 12.5. The molecular formula is C22H35N3O3S.